The molecule has 0 spiro atoms. The number of nitrogens with zero attached hydrogens (tertiary/aromatic N) is 8. The fourth-order valence-corrected chi connectivity index (χ4v) is 7.59. The first-order valence-electron chi connectivity index (χ1n) is 17.4. The van der Waals surface area contributed by atoms with E-state index in [1.807, 2.05) is 0 Å². The van der Waals surface area contributed by atoms with E-state index in [1.165, 1.54) is 72.8 Å². The van der Waals surface area contributed by atoms with Crippen molar-refractivity contribution >= 4 is 98.1 Å². The minimum atomic E-state index is -5.16. The molecule has 0 saturated heterocycles. The minimum Gasteiger partial charge on any atom is -0.744 e. The molecular weight excluding hydrogens is 1010 g/mol. The number of benzene rings is 6. The summed E-state index contributed by atoms with van der Waals surface area (Å²) in [5.74, 6) is 0. The van der Waals surface area contributed by atoms with Crippen molar-refractivity contribution in [1.29, 1.82) is 0 Å². The third-order valence-corrected chi connectivity index (χ3v) is 11.8. The average Bonchev–Trinajstić information content (AvgIpc) is 3.24. The van der Waals surface area contributed by atoms with Gasteiger partial charge in [-0.05, 0) is 108 Å². The maximum Gasteiger partial charge on any atom is 1.00 e. The zero-order valence-corrected chi connectivity index (χ0v) is 47.0. The molecule has 0 bridgehead atoms. The summed E-state index contributed by atoms with van der Waals surface area (Å²) in [5.41, 5.74) is -0.00772. The summed E-state index contributed by atoms with van der Waals surface area (Å²) >= 11 is 0. The Kier molecular flexibility index (Phi) is 23.0. The van der Waals surface area contributed by atoms with Crippen molar-refractivity contribution in [2.24, 2.45) is 30.7 Å². The van der Waals surface area contributed by atoms with Crippen LogP contribution in [0, 0.1) is 10.4 Å². The molecule has 6 aromatic rings. The van der Waals surface area contributed by atoms with Gasteiger partial charge in [0.1, 0.15) is 51.8 Å². The molecule has 0 heterocycles. The Bertz CT molecular complexity index is 3160. The van der Waals surface area contributed by atoms with Gasteiger partial charge in [-0.2, -0.15) is 20.5 Å². The number of rotatable bonds is 14. The predicted octanol–water partition coefficient (Wildman–Crippen LogP) is -3.83. The topological polar surface area (TPSA) is 355 Å². The van der Waals surface area contributed by atoms with E-state index in [0.29, 0.717) is 0 Å². The first kappa shape index (κ1) is 60.8. The molecule has 68 heavy (non-hydrogen) atoms. The molecule has 328 valence electrons. The van der Waals surface area contributed by atoms with Crippen LogP contribution in [0.25, 0.3) is 12.2 Å². The van der Waals surface area contributed by atoms with Crippen LogP contribution < -0.4 is 118 Å². The van der Waals surface area contributed by atoms with Gasteiger partial charge >= 0.3 is 118 Å². The Morgan fingerprint density at radius 2 is 0.618 bits per heavy atom. The monoisotopic (exact) mass is 1040 g/mol. The van der Waals surface area contributed by atoms with Gasteiger partial charge < -0.3 is 28.6 Å². The molecule has 0 aliphatic heterocycles. The van der Waals surface area contributed by atoms with Crippen molar-refractivity contribution in [2.45, 2.75) is 19.6 Å². The molecule has 0 saturated carbocycles. The van der Waals surface area contributed by atoms with Crippen molar-refractivity contribution in [3.05, 3.63) is 155 Å². The summed E-state index contributed by atoms with van der Waals surface area (Å²) in [6, 6.07) is 26.2. The van der Waals surface area contributed by atoms with Crippen LogP contribution in [0.5, 0.6) is 0 Å². The Labute approximate surface area is 477 Å². The van der Waals surface area contributed by atoms with E-state index in [0.717, 1.165) is 72.8 Å². The van der Waals surface area contributed by atoms with E-state index in [2.05, 4.69) is 30.7 Å². The van der Waals surface area contributed by atoms with Crippen molar-refractivity contribution in [3.63, 3.8) is 0 Å². The summed E-state index contributed by atoms with van der Waals surface area (Å²) < 4.78 is 140. The average molecular weight is 1040 g/mol. The van der Waals surface area contributed by atoms with Gasteiger partial charge in [-0.25, -0.2) is 33.7 Å². The molecule has 0 aliphatic rings. The van der Waals surface area contributed by atoms with Crippen LogP contribution in [0.2, 0.25) is 0 Å². The van der Waals surface area contributed by atoms with Gasteiger partial charge in [-0.1, -0.05) is 34.0 Å². The van der Waals surface area contributed by atoms with Gasteiger partial charge in [0.05, 0.1) is 42.3 Å². The van der Waals surface area contributed by atoms with Crippen molar-refractivity contribution in [1.82, 2.24) is 0 Å². The molecular formula is C38H24N8Na4O14S4. The van der Waals surface area contributed by atoms with Crippen molar-refractivity contribution < 1.29 is 180 Å². The first-order valence-corrected chi connectivity index (χ1v) is 23.1. The van der Waals surface area contributed by atoms with E-state index in [1.54, 1.807) is 0 Å². The molecule has 0 fully saturated rings. The second-order valence-corrected chi connectivity index (χ2v) is 18.2. The summed E-state index contributed by atoms with van der Waals surface area (Å²) in [6.45, 7) is 0. The molecule has 0 atom stereocenters. The molecule has 30 heteroatoms. The summed E-state index contributed by atoms with van der Waals surface area (Å²) in [7, 11) is -19.7. The van der Waals surface area contributed by atoms with Crippen LogP contribution in [-0.4, -0.2) is 61.6 Å². The molecule has 0 radical (unpaired) electrons. The van der Waals surface area contributed by atoms with Crippen molar-refractivity contribution in [3.8, 4) is 0 Å². The third-order valence-electron chi connectivity index (χ3n) is 8.34. The van der Waals surface area contributed by atoms with E-state index >= 15 is 0 Å². The van der Waals surface area contributed by atoms with Crippen LogP contribution in [-0.2, 0) is 40.5 Å². The maximum atomic E-state index is 12.5. The van der Waals surface area contributed by atoms with Gasteiger partial charge in [0.15, 0.2) is 0 Å². The summed E-state index contributed by atoms with van der Waals surface area (Å²) in [5, 5.41) is 48.3. The van der Waals surface area contributed by atoms with Crippen molar-refractivity contribution in [2.75, 3.05) is 0 Å². The standard InChI is InChI=1S/C38H28N8O14S4.4Na/c47-45(43-29-11-19-35(20-12-29)61(49,50)51)33-15-7-27(8-16-33)39-41-31-5-3-25(37(23-31)63(55,56)57)1-2-26-4-6-32(24-38(26)64(58,59)60)42-40-28-9-17-34(18-10-28)46(48)44-30-13-21-36(22-14-30)62(52,53)54;;;;/h1-24H,(H,49,50,51)(H,52,53,54)(H,55,56,57)(H,58,59,60);;;;/q;4*+1/p-4/b2-1+,41-39?,42-40?,45-43?,46-44?;;;;. The van der Waals surface area contributed by atoms with Gasteiger partial charge in [-0.3, -0.25) is 0 Å². The molecule has 0 N–H and O–H groups in total. The molecule has 0 amide bonds. The van der Waals surface area contributed by atoms with Crippen LogP contribution >= 0.6 is 0 Å². The van der Waals surface area contributed by atoms with E-state index < -0.39 is 60.1 Å². The summed E-state index contributed by atoms with van der Waals surface area (Å²) in [6.07, 6.45) is 2.18. The molecule has 0 aliphatic carbocycles. The van der Waals surface area contributed by atoms with Crippen LogP contribution in [0.3, 0.4) is 0 Å². The second kappa shape index (κ2) is 25.7. The van der Waals surface area contributed by atoms with E-state index in [-0.39, 0.29) is 185 Å². The number of hydrogen-bond acceptors (Lipinski definition) is 20. The molecule has 0 aromatic heterocycles. The maximum absolute atomic E-state index is 12.5. The Balaban J connectivity index is 0.00000397. The SMILES string of the molecule is O=S(=O)([O-])c1ccc(N=[N+]([O-])c2ccc(N=Nc3ccc(/C=C/c4ccc(N=Nc5ccc([N+]([O-])=Nc6ccc(S(=O)(=O)[O-])cc6)cc5)cc4S(=O)(=O)[O-])c(S(=O)(=O)[O-])c3)cc2)cc1.[Na+].[Na+].[Na+].[Na+]. The predicted molar refractivity (Wildman–Crippen MR) is 219 cm³/mol. The molecule has 6 aromatic carbocycles. The summed E-state index contributed by atoms with van der Waals surface area (Å²) in [4.78, 5) is -2.06. The van der Waals surface area contributed by atoms with Gasteiger partial charge in [0.25, 0.3) is 0 Å². The smallest absolute Gasteiger partial charge is 0.744 e. The Hall–Kier alpha value is -3.30. The van der Waals surface area contributed by atoms with Crippen LogP contribution in [0.4, 0.5) is 45.5 Å². The molecule has 22 nitrogen and oxygen atoms in total. The molecule has 6 rings (SSSR count). The van der Waals surface area contributed by atoms with Crippen LogP contribution in [0.15, 0.2) is 184 Å². The largest absolute Gasteiger partial charge is 1.00 e. The molecule has 0 unspecified atom stereocenters. The van der Waals surface area contributed by atoms with E-state index in [9.17, 15) is 62.3 Å². The quantitative estimate of drug-likeness (QED) is 0.0252. The zero-order valence-electron chi connectivity index (χ0n) is 35.8. The number of azo groups is 4. The number of hydrogen-bond donors (Lipinski definition) is 0. The Morgan fingerprint density at radius 1 is 0.353 bits per heavy atom. The Morgan fingerprint density at radius 3 is 0.897 bits per heavy atom. The third kappa shape index (κ3) is 17.2. The van der Waals surface area contributed by atoms with Gasteiger partial charge in [-0.15, -0.1) is 0 Å². The van der Waals surface area contributed by atoms with Gasteiger partial charge in [0, 0.05) is 34.5 Å². The second-order valence-electron chi connectivity index (χ2n) is 12.8. The normalized spacial score (nSPS) is 12.5. The fourth-order valence-electron chi connectivity index (χ4n) is 5.27. The van der Waals surface area contributed by atoms with Gasteiger partial charge in [0.2, 0.25) is 11.4 Å². The van der Waals surface area contributed by atoms with E-state index in [4.69, 9.17) is 0 Å². The zero-order chi connectivity index (χ0) is 46.5. The first-order chi connectivity index (χ1) is 30.0. The minimum absolute atomic E-state index is 0. The van der Waals surface area contributed by atoms with Crippen LogP contribution in [0.1, 0.15) is 11.1 Å². The fraction of sp³-hybridized carbons (Fsp3) is 0.